The molecule has 0 unspecified atom stereocenters. The van der Waals surface area contributed by atoms with Crippen LogP contribution in [0, 0.1) is 6.92 Å². The first kappa shape index (κ1) is 15.5. The topological polar surface area (TPSA) is 16.1 Å². The summed E-state index contributed by atoms with van der Waals surface area (Å²) in [6.45, 7) is 7.58. The third-order valence-corrected chi connectivity index (χ3v) is 4.79. The van der Waals surface area contributed by atoms with Crippen molar-refractivity contribution in [1.29, 1.82) is 0 Å². The maximum atomic E-state index is 5.81. The van der Waals surface area contributed by atoms with Gasteiger partial charge in [0.15, 0.2) is 0 Å². The van der Waals surface area contributed by atoms with Crippen LogP contribution < -0.4 is 0 Å². The first-order valence-electron chi connectivity index (χ1n) is 6.81. The molecule has 0 atom stereocenters. The minimum atomic E-state index is 0.479. The molecule has 1 heterocycles. The third-order valence-electron chi connectivity index (χ3n) is 3.58. The van der Waals surface area contributed by atoms with Gasteiger partial charge in [-0.2, -0.15) is 0 Å². The summed E-state index contributed by atoms with van der Waals surface area (Å²) in [5.74, 6) is 0.479. The summed E-state index contributed by atoms with van der Waals surface area (Å²) in [5.41, 5.74) is 4.82. The second kappa shape index (κ2) is 6.70. The number of alkyl halides is 1. The molecule has 2 aromatic rings. The van der Waals surface area contributed by atoms with Crippen LogP contribution in [-0.4, -0.2) is 23.0 Å². The molecule has 108 valence electrons. The molecule has 1 aromatic carbocycles. The van der Waals surface area contributed by atoms with Gasteiger partial charge in [-0.15, -0.1) is 22.9 Å². The lowest BCUT2D eigenvalue weighted by Gasteiger charge is -2.22. The summed E-state index contributed by atoms with van der Waals surface area (Å²) in [7, 11) is 2.16. The van der Waals surface area contributed by atoms with E-state index in [2.05, 4.69) is 55.9 Å². The maximum absolute atomic E-state index is 5.81. The van der Waals surface area contributed by atoms with Gasteiger partial charge in [0, 0.05) is 23.5 Å². The van der Waals surface area contributed by atoms with Crippen molar-refractivity contribution < 1.29 is 0 Å². The van der Waals surface area contributed by atoms with Crippen molar-refractivity contribution in [3.63, 3.8) is 0 Å². The Morgan fingerprint density at radius 2 is 2.10 bits per heavy atom. The van der Waals surface area contributed by atoms with Gasteiger partial charge in [0.2, 0.25) is 0 Å². The van der Waals surface area contributed by atoms with E-state index in [-0.39, 0.29) is 0 Å². The van der Waals surface area contributed by atoms with Crippen LogP contribution in [0.3, 0.4) is 0 Å². The highest BCUT2D eigenvalue weighted by Crippen LogP contribution is 2.26. The molecule has 0 saturated carbocycles. The zero-order chi connectivity index (χ0) is 14.7. The molecule has 2 nitrogen and oxygen atoms in total. The highest BCUT2D eigenvalue weighted by atomic mass is 35.5. The van der Waals surface area contributed by atoms with Gasteiger partial charge in [0.05, 0.1) is 11.6 Å². The maximum Gasteiger partial charge on any atom is 0.123 e. The first-order valence-corrected chi connectivity index (χ1v) is 8.23. The van der Waals surface area contributed by atoms with Gasteiger partial charge in [-0.25, -0.2) is 4.98 Å². The predicted molar refractivity (Wildman–Crippen MR) is 88.4 cm³/mol. The molecule has 0 N–H and O–H groups in total. The fourth-order valence-corrected chi connectivity index (χ4v) is 3.00. The van der Waals surface area contributed by atoms with Crippen LogP contribution in [-0.2, 0) is 12.4 Å². The number of nitrogens with zero attached hydrogens (tertiary/aromatic N) is 2. The van der Waals surface area contributed by atoms with E-state index in [0.717, 1.165) is 17.2 Å². The zero-order valence-corrected chi connectivity index (χ0v) is 14.1. The highest BCUT2D eigenvalue weighted by Gasteiger charge is 2.09. The second-order valence-corrected chi connectivity index (χ2v) is 6.55. The molecule has 0 fully saturated rings. The van der Waals surface area contributed by atoms with E-state index in [9.17, 15) is 0 Å². The average molecular weight is 309 g/mol. The summed E-state index contributed by atoms with van der Waals surface area (Å²) in [4.78, 5) is 6.88. The van der Waals surface area contributed by atoms with Gasteiger partial charge in [0.25, 0.3) is 0 Å². The summed E-state index contributed by atoms with van der Waals surface area (Å²) in [6.07, 6.45) is 0. The lowest BCUT2D eigenvalue weighted by molar-refractivity contribution is 0.265. The molecule has 0 spiro atoms. The van der Waals surface area contributed by atoms with E-state index in [1.54, 1.807) is 11.3 Å². The minimum absolute atomic E-state index is 0.479. The molecule has 0 amide bonds. The van der Waals surface area contributed by atoms with Crippen molar-refractivity contribution in [2.75, 3.05) is 7.05 Å². The number of aryl methyl sites for hydroxylation is 1. The third kappa shape index (κ3) is 3.60. The Morgan fingerprint density at radius 1 is 1.35 bits per heavy atom. The van der Waals surface area contributed by atoms with E-state index in [0.29, 0.717) is 11.9 Å². The first-order chi connectivity index (χ1) is 9.51. The number of rotatable bonds is 5. The minimum Gasteiger partial charge on any atom is -0.300 e. The van der Waals surface area contributed by atoms with Crippen LogP contribution in [0.25, 0.3) is 10.6 Å². The molecule has 0 aliphatic rings. The molecule has 4 heteroatoms. The van der Waals surface area contributed by atoms with Gasteiger partial charge in [0.1, 0.15) is 5.01 Å². The van der Waals surface area contributed by atoms with Crippen molar-refractivity contribution in [3.05, 3.63) is 40.4 Å². The zero-order valence-electron chi connectivity index (χ0n) is 12.5. The monoisotopic (exact) mass is 308 g/mol. The van der Waals surface area contributed by atoms with Gasteiger partial charge in [-0.3, -0.25) is 4.90 Å². The van der Waals surface area contributed by atoms with E-state index < -0.39 is 0 Å². The van der Waals surface area contributed by atoms with Crippen molar-refractivity contribution in [2.45, 2.75) is 39.2 Å². The van der Waals surface area contributed by atoms with Crippen molar-refractivity contribution in [2.24, 2.45) is 0 Å². The molecule has 20 heavy (non-hydrogen) atoms. The number of aromatic nitrogens is 1. The number of benzene rings is 1. The Kier molecular flexibility index (Phi) is 5.19. The Bertz CT molecular complexity index is 578. The van der Waals surface area contributed by atoms with Crippen LogP contribution in [0.15, 0.2) is 23.6 Å². The molecule has 0 saturated heterocycles. The van der Waals surface area contributed by atoms with Crippen LogP contribution in [0.1, 0.15) is 30.7 Å². The van der Waals surface area contributed by atoms with Gasteiger partial charge < -0.3 is 0 Å². The van der Waals surface area contributed by atoms with Crippen molar-refractivity contribution >= 4 is 22.9 Å². The van der Waals surface area contributed by atoms with Gasteiger partial charge >= 0.3 is 0 Å². The molecule has 0 bridgehead atoms. The largest absolute Gasteiger partial charge is 0.300 e. The smallest absolute Gasteiger partial charge is 0.123 e. The van der Waals surface area contributed by atoms with E-state index in [1.807, 2.05) is 5.38 Å². The van der Waals surface area contributed by atoms with E-state index in [1.165, 1.54) is 16.7 Å². The Labute approximate surface area is 130 Å². The second-order valence-electron chi connectivity index (χ2n) is 5.43. The Morgan fingerprint density at radius 3 is 2.65 bits per heavy atom. The average Bonchev–Trinajstić information content (AvgIpc) is 2.89. The standard InChI is InChI=1S/C16H21ClN2S/c1-11(2)19(4)9-14-6-5-13(7-12(14)3)16-18-15(8-17)10-20-16/h5-7,10-11H,8-9H2,1-4H3. The fraction of sp³-hybridized carbons (Fsp3) is 0.438. The van der Waals surface area contributed by atoms with Crippen molar-refractivity contribution in [3.8, 4) is 10.6 Å². The van der Waals surface area contributed by atoms with E-state index in [4.69, 9.17) is 11.6 Å². The van der Waals surface area contributed by atoms with Crippen LogP contribution in [0.5, 0.6) is 0 Å². The quantitative estimate of drug-likeness (QED) is 0.744. The Hall–Kier alpha value is -0.900. The lowest BCUT2D eigenvalue weighted by atomic mass is 10.0. The van der Waals surface area contributed by atoms with E-state index >= 15 is 0 Å². The molecular formula is C16H21ClN2S. The van der Waals surface area contributed by atoms with Crippen molar-refractivity contribution in [1.82, 2.24) is 9.88 Å². The number of hydrogen-bond donors (Lipinski definition) is 0. The van der Waals surface area contributed by atoms with Crippen LogP contribution >= 0.6 is 22.9 Å². The highest BCUT2D eigenvalue weighted by molar-refractivity contribution is 7.13. The number of hydrogen-bond acceptors (Lipinski definition) is 3. The summed E-state index contributed by atoms with van der Waals surface area (Å²) >= 11 is 7.46. The molecule has 0 aliphatic carbocycles. The SMILES string of the molecule is Cc1cc(-c2nc(CCl)cs2)ccc1CN(C)C(C)C. The molecular weight excluding hydrogens is 288 g/mol. The number of halogens is 1. The molecule has 1 aromatic heterocycles. The summed E-state index contributed by atoms with van der Waals surface area (Å²) in [5, 5.41) is 3.07. The van der Waals surface area contributed by atoms with Crippen LogP contribution in [0.2, 0.25) is 0 Å². The molecule has 0 aliphatic heterocycles. The normalized spacial score (nSPS) is 11.6. The summed E-state index contributed by atoms with van der Waals surface area (Å²) < 4.78 is 0. The molecule has 2 rings (SSSR count). The molecule has 0 radical (unpaired) electrons. The van der Waals surface area contributed by atoms with Gasteiger partial charge in [-0.05, 0) is 45.0 Å². The lowest BCUT2D eigenvalue weighted by Crippen LogP contribution is -2.25. The predicted octanol–water partition coefficient (Wildman–Crippen LogP) is 4.70. The van der Waals surface area contributed by atoms with Crippen LogP contribution in [0.4, 0.5) is 0 Å². The Balaban J connectivity index is 2.21. The fourth-order valence-electron chi connectivity index (χ4n) is 1.96. The number of thiazole rings is 1. The summed E-state index contributed by atoms with van der Waals surface area (Å²) in [6, 6.07) is 7.15. The van der Waals surface area contributed by atoms with Gasteiger partial charge in [-0.1, -0.05) is 12.1 Å².